The van der Waals surface area contributed by atoms with E-state index in [9.17, 15) is 0 Å². The Morgan fingerprint density at radius 3 is 2.18 bits per heavy atom. The molecule has 0 bridgehead atoms. The van der Waals surface area contributed by atoms with Crippen molar-refractivity contribution in [2.75, 3.05) is 20.1 Å². The van der Waals surface area contributed by atoms with Crippen molar-refractivity contribution < 1.29 is 0 Å². The minimum atomic E-state index is 0.947. The average molecular weight is 307 g/mol. The van der Waals surface area contributed by atoms with Gasteiger partial charge in [-0.25, -0.2) is 0 Å². The van der Waals surface area contributed by atoms with Gasteiger partial charge < -0.3 is 4.90 Å². The van der Waals surface area contributed by atoms with E-state index in [0.29, 0.717) is 0 Å². The van der Waals surface area contributed by atoms with Crippen LogP contribution >= 0.6 is 11.8 Å². The number of benzene rings is 2. The van der Waals surface area contributed by atoms with Gasteiger partial charge in [0.2, 0.25) is 0 Å². The van der Waals surface area contributed by atoms with E-state index >= 15 is 0 Å². The summed E-state index contributed by atoms with van der Waals surface area (Å²) in [4.78, 5) is 3.64. The maximum atomic E-state index is 4.69. The SMILES string of the molecule is CN1CCN2C(=N1)SC(c1ccccc1)=C2c1ccccc1. The molecule has 0 amide bonds. The second kappa shape index (κ2) is 5.54. The number of amidine groups is 1. The Hall–Kier alpha value is -2.20. The number of hydrogen-bond acceptors (Lipinski definition) is 4. The van der Waals surface area contributed by atoms with Crippen LogP contribution < -0.4 is 0 Å². The minimum absolute atomic E-state index is 0.947. The number of rotatable bonds is 2. The molecule has 3 nitrogen and oxygen atoms in total. The molecule has 0 aliphatic carbocycles. The van der Waals surface area contributed by atoms with Crippen LogP contribution in [0.2, 0.25) is 0 Å². The molecule has 2 aromatic rings. The Morgan fingerprint density at radius 2 is 1.50 bits per heavy atom. The average Bonchev–Trinajstić information content (AvgIpc) is 2.95. The van der Waals surface area contributed by atoms with Gasteiger partial charge in [-0.1, -0.05) is 60.7 Å². The van der Waals surface area contributed by atoms with Crippen molar-refractivity contribution in [1.29, 1.82) is 0 Å². The number of fused-ring (bicyclic) bond motifs is 1. The highest BCUT2D eigenvalue weighted by Crippen LogP contribution is 2.46. The zero-order valence-electron chi connectivity index (χ0n) is 12.4. The van der Waals surface area contributed by atoms with Crippen molar-refractivity contribution in [2.45, 2.75) is 0 Å². The largest absolute Gasteiger partial charge is 0.316 e. The highest BCUT2D eigenvalue weighted by atomic mass is 32.2. The minimum Gasteiger partial charge on any atom is -0.316 e. The molecular formula is C18H17N3S. The van der Waals surface area contributed by atoms with E-state index in [2.05, 4.69) is 65.6 Å². The van der Waals surface area contributed by atoms with Gasteiger partial charge in [0.05, 0.1) is 12.2 Å². The topological polar surface area (TPSA) is 18.8 Å². The monoisotopic (exact) mass is 307 g/mol. The fourth-order valence-corrected chi connectivity index (χ4v) is 4.04. The number of hydrazone groups is 1. The molecule has 4 heteroatoms. The van der Waals surface area contributed by atoms with Crippen molar-refractivity contribution in [1.82, 2.24) is 9.91 Å². The molecule has 2 aliphatic rings. The molecule has 0 unspecified atom stereocenters. The molecule has 0 saturated heterocycles. The number of likely N-dealkylation sites (N-methyl/N-ethyl adjacent to an activating group) is 1. The van der Waals surface area contributed by atoms with E-state index < -0.39 is 0 Å². The molecule has 0 saturated carbocycles. The first kappa shape index (κ1) is 13.5. The van der Waals surface area contributed by atoms with E-state index in [-0.39, 0.29) is 0 Å². The van der Waals surface area contributed by atoms with Gasteiger partial charge >= 0.3 is 0 Å². The molecule has 0 spiro atoms. The van der Waals surface area contributed by atoms with Crippen LogP contribution in [0.15, 0.2) is 65.8 Å². The van der Waals surface area contributed by atoms with Crippen LogP contribution in [0.4, 0.5) is 0 Å². The molecule has 110 valence electrons. The van der Waals surface area contributed by atoms with Gasteiger partial charge in [0.25, 0.3) is 0 Å². The Kier molecular flexibility index (Phi) is 3.39. The van der Waals surface area contributed by atoms with Crippen LogP contribution in [0.5, 0.6) is 0 Å². The molecule has 4 rings (SSSR count). The van der Waals surface area contributed by atoms with E-state index in [1.807, 2.05) is 12.1 Å². The van der Waals surface area contributed by atoms with Crippen LogP contribution in [0.3, 0.4) is 0 Å². The summed E-state index contributed by atoms with van der Waals surface area (Å²) in [6, 6.07) is 21.2. The molecule has 2 heterocycles. The Bertz CT molecular complexity index is 737. The summed E-state index contributed by atoms with van der Waals surface area (Å²) in [5, 5.41) is 7.79. The summed E-state index contributed by atoms with van der Waals surface area (Å²) in [6.45, 7) is 1.92. The maximum absolute atomic E-state index is 4.69. The quantitative estimate of drug-likeness (QED) is 0.841. The van der Waals surface area contributed by atoms with E-state index in [1.165, 1.54) is 21.7 Å². The van der Waals surface area contributed by atoms with Crippen LogP contribution in [-0.2, 0) is 0 Å². The Morgan fingerprint density at radius 1 is 0.864 bits per heavy atom. The molecule has 22 heavy (non-hydrogen) atoms. The van der Waals surface area contributed by atoms with Gasteiger partial charge in [0, 0.05) is 18.5 Å². The highest BCUT2D eigenvalue weighted by molar-refractivity contribution is 8.22. The van der Waals surface area contributed by atoms with Crippen molar-refractivity contribution in [3.8, 4) is 0 Å². The van der Waals surface area contributed by atoms with Crippen molar-refractivity contribution >= 4 is 27.5 Å². The molecule has 0 N–H and O–H groups in total. The summed E-state index contributed by atoms with van der Waals surface area (Å²) >= 11 is 1.77. The number of hydrogen-bond donors (Lipinski definition) is 0. The van der Waals surface area contributed by atoms with Crippen LogP contribution in [0.1, 0.15) is 11.1 Å². The lowest BCUT2D eigenvalue weighted by molar-refractivity contribution is 0.303. The Balaban J connectivity index is 1.88. The first-order chi connectivity index (χ1) is 10.8. The van der Waals surface area contributed by atoms with Crippen molar-refractivity contribution in [3.63, 3.8) is 0 Å². The van der Waals surface area contributed by atoms with Gasteiger partial charge in [-0.2, -0.15) is 5.10 Å². The summed E-state index contributed by atoms with van der Waals surface area (Å²) in [5.74, 6) is 0. The van der Waals surface area contributed by atoms with Gasteiger partial charge in [-0.3, -0.25) is 5.01 Å². The molecule has 2 aromatic carbocycles. The second-order valence-corrected chi connectivity index (χ2v) is 6.40. The zero-order chi connectivity index (χ0) is 14.9. The van der Waals surface area contributed by atoms with Crippen molar-refractivity contribution in [2.24, 2.45) is 5.10 Å². The number of thioether (sulfide) groups is 1. The molecule has 0 fully saturated rings. The summed E-state index contributed by atoms with van der Waals surface area (Å²) in [6.07, 6.45) is 0. The zero-order valence-corrected chi connectivity index (χ0v) is 13.3. The molecule has 0 radical (unpaired) electrons. The lowest BCUT2D eigenvalue weighted by Gasteiger charge is -2.29. The lowest BCUT2D eigenvalue weighted by atomic mass is 10.1. The van der Waals surface area contributed by atoms with E-state index in [0.717, 1.165) is 18.3 Å². The molecular weight excluding hydrogens is 290 g/mol. The van der Waals surface area contributed by atoms with Crippen LogP contribution in [-0.4, -0.2) is 35.2 Å². The Labute approximate surface area is 134 Å². The van der Waals surface area contributed by atoms with Crippen molar-refractivity contribution in [3.05, 3.63) is 71.8 Å². The first-order valence-corrected chi connectivity index (χ1v) is 8.25. The second-order valence-electron chi connectivity index (χ2n) is 5.43. The molecule has 2 aliphatic heterocycles. The fraction of sp³-hybridized carbons (Fsp3) is 0.167. The van der Waals surface area contributed by atoms with E-state index in [1.54, 1.807) is 11.8 Å². The summed E-state index contributed by atoms with van der Waals surface area (Å²) in [7, 11) is 2.04. The standard InChI is InChI=1S/C18H17N3S/c1-20-12-13-21-16(14-8-4-2-5-9-14)17(22-18(21)19-20)15-10-6-3-7-11-15/h2-11H,12-13H2,1H3. The highest BCUT2D eigenvalue weighted by Gasteiger charge is 2.33. The van der Waals surface area contributed by atoms with Gasteiger partial charge in [0.1, 0.15) is 0 Å². The van der Waals surface area contributed by atoms with Crippen LogP contribution in [0.25, 0.3) is 10.6 Å². The van der Waals surface area contributed by atoms with Gasteiger partial charge in [0.15, 0.2) is 5.17 Å². The van der Waals surface area contributed by atoms with E-state index in [4.69, 9.17) is 5.10 Å². The molecule has 0 aromatic heterocycles. The third-order valence-corrected chi connectivity index (χ3v) is 5.01. The third kappa shape index (κ3) is 2.29. The van der Waals surface area contributed by atoms with Crippen LogP contribution in [0, 0.1) is 0 Å². The summed E-state index contributed by atoms with van der Waals surface area (Å²) < 4.78 is 0. The third-order valence-electron chi connectivity index (χ3n) is 3.90. The van der Waals surface area contributed by atoms with Gasteiger partial charge in [-0.15, -0.1) is 0 Å². The maximum Gasteiger partial charge on any atom is 0.192 e. The predicted molar refractivity (Wildman–Crippen MR) is 94.1 cm³/mol. The normalized spacial score (nSPS) is 17.6. The van der Waals surface area contributed by atoms with Gasteiger partial charge in [-0.05, 0) is 22.9 Å². The predicted octanol–water partition coefficient (Wildman–Crippen LogP) is 3.78. The first-order valence-electron chi connectivity index (χ1n) is 7.43. The molecule has 0 atom stereocenters. The lowest BCUT2D eigenvalue weighted by Crippen LogP contribution is -2.37. The smallest absolute Gasteiger partial charge is 0.192 e. The fourth-order valence-electron chi connectivity index (χ4n) is 2.80. The number of nitrogens with zero attached hydrogens (tertiary/aromatic N) is 3. The summed E-state index contributed by atoms with van der Waals surface area (Å²) in [5.41, 5.74) is 3.79.